The number of methoxy groups -OCH3 is 1. The van der Waals surface area contributed by atoms with Crippen LogP contribution in [0.1, 0.15) is 11.1 Å². The lowest BCUT2D eigenvalue weighted by Crippen LogP contribution is -1.96. The molecule has 0 fully saturated rings. The van der Waals surface area contributed by atoms with Gasteiger partial charge in [-0.25, -0.2) is 4.79 Å². The van der Waals surface area contributed by atoms with Crippen molar-refractivity contribution < 1.29 is 14.3 Å². The first-order valence-electron chi connectivity index (χ1n) is 4.62. The van der Waals surface area contributed by atoms with Crippen LogP contribution in [0, 0.1) is 13.8 Å². The van der Waals surface area contributed by atoms with Crippen LogP contribution < -0.4 is 4.74 Å². The van der Waals surface area contributed by atoms with Crippen molar-refractivity contribution in [3.63, 3.8) is 0 Å². The van der Waals surface area contributed by atoms with Gasteiger partial charge < -0.3 is 9.47 Å². The summed E-state index contributed by atoms with van der Waals surface area (Å²) in [6.45, 7) is 3.91. The maximum absolute atomic E-state index is 10.8. The van der Waals surface area contributed by atoms with Gasteiger partial charge in [-0.1, -0.05) is 18.2 Å². The van der Waals surface area contributed by atoms with E-state index >= 15 is 0 Å². The molecule has 80 valence electrons. The van der Waals surface area contributed by atoms with Gasteiger partial charge in [-0.05, 0) is 25.0 Å². The van der Waals surface area contributed by atoms with Gasteiger partial charge in [0, 0.05) is 0 Å². The summed E-state index contributed by atoms with van der Waals surface area (Å²) < 4.78 is 9.80. The minimum absolute atomic E-state index is 0.429. The van der Waals surface area contributed by atoms with Gasteiger partial charge in [0.05, 0.1) is 19.4 Å². The lowest BCUT2D eigenvalue weighted by atomic mass is 10.1. The molecule has 0 unspecified atom stereocenters. The number of esters is 1. The third-order valence-electron chi connectivity index (χ3n) is 2.00. The quantitative estimate of drug-likeness (QED) is 0.432. The second kappa shape index (κ2) is 5.20. The van der Waals surface area contributed by atoms with Gasteiger partial charge in [0.25, 0.3) is 0 Å². The standard InChI is InChI=1S/C12H14O3/c1-9-5-4-6-10(2)12(9)15-8-7-11(13)14-3/h4-8H,1-3H3. The topological polar surface area (TPSA) is 35.5 Å². The summed E-state index contributed by atoms with van der Waals surface area (Å²) >= 11 is 0. The van der Waals surface area contributed by atoms with Crippen molar-refractivity contribution in [1.29, 1.82) is 0 Å². The van der Waals surface area contributed by atoms with Crippen LogP contribution in [0.3, 0.4) is 0 Å². The molecule has 0 atom stereocenters. The number of carbonyl (C=O) groups is 1. The van der Waals surface area contributed by atoms with Crippen LogP contribution in [-0.4, -0.2) is 13.1 Å². The lowest BCUT2D eigenvalue weighted by Gasteiger charge is -2.07. The van der Waals surface area contributed by atoms with Gasteiger partial charge in [-0.2, -0.15) is 0 Å². The Kier molecular flexibility index (Phi) is 3.92. The molecule has 0 heterocycles. The molecule has 1 rings (SSSR count). The predicted octanol–water partition coefficient (Wildman–Crippen LogP) is 2.37. The fraction of sp³-hybridized carbons (Fsp3) is 0.250. The molecule has 0 aliphatic carbocycles. The average Bonchev–Trinajstić information content (AvgIpc) is 2.22. The minimum Gasteiger partial charge on any atom is -0.466 e. The molecule has 0 aliphatic rings. The van der Waals surface area contributed by atoms with Crippen molar-refractivity contribution in [2.45, 2.75) is 13.8 Å². The molecule has 0 aliphatic heterocycles. The summed E-state index contributed by atoms with van der Waals surface area (Å²) in [4.78, 5) is 10.8. The van der Waals surface area contributed by atoms with Gasteiger partial charge in [-0.3, -0.25) is 0 Å². The van der Waals surface area contributed by atoms with Crippen molar-refractivity contribution >= 4 is 5.97 Å². The maximum atomic E-state index is 10.8. The van der Waals surface area contributed by atoms with Crippen LogP contribution in [-0.2, 0) is 9.53 Å². The van der Waals surface area contributed by atoms with E-state index in [0.717, 1.165) is 16.9 Å². The highest BCUT2D eigenvalue weighted by Crippen LogP contribution is 2.22. The van der Waals surface area contributed by atoms with Gasteiger partial charge >= 0.3 is 5.97 Å². The van der Waals surface area contributed by atoms with Crippen molar-refractivity contribution in [3.8, 4) is 5.75 Å². The Labute approximate surface area is 89.3 Å². The molecule has 0 amide bonds. The number of para-hydroxylation sites is 1. The third-order valence-corrected chi connectivity index (χ3v) is 2.00. The molecule has 15 heavy (non-hydrogen) atoms. The van der Waals surface area contributed by atoms with Crippen LogP contribution in [0.5, 0.6) is 5.75 Å². The summed E-state index contributed by atoms with van der Waals surface area (Å²) in [7, 11) is 1.33. The van der Waals surface area contributed by atoms with Crippen LogP contribution >= 0.6 is 0 Å². The van der Waals surface area contributed by atoms with E-state index in [1.807, 2.05) is 32.0 Å². The Bertz CT molecular complexity index is 360. The molecule has 3 heteroatoms. The van der Waals surface area contributed by atoms with Crippen molar-refractivity contribution in [2.24, 2.45) is 0 Å². The number of ether oxygens (including phenoxy) is 2. The largest absolute Gasteiger partial charge is 0.466 e. The highest BCUT2D eigenvalue weighted by atomic mass is 16.5. The molecule has 0 aromatic heterocycles. The molecule has 0 saturated carbocycles. The summed E-state index contributed by atoms with van der Waals surface area (Å²) in [5.74, 6) is 0.346. The van der Waals surface area contributed by atoms with Crippen LogP contribution in [0.25, 0.3) is 0 Å². The van der Waals surface area contributed by atoms with Crippen LogP contribution in [0.2, 0.25) is 0 Å². The molecule has 0 radical (unpaired) electrons. The first-order valence-corrected chi connectivity index (χ1v) is 4.62. The molecule has 0 bridgehead atoms. The van der Waals surface area contributed by atoms with Crippen LogP contribution in [0.15, 0.2) is 30.5 Å². The van der Waals surface area contributed by atoms with E-state index in [1.54, 1.807) is 0 Å². The number of carbonyl (C=O) groups excluding carboxylic acids is 1. The van der Waals surface area contributed by atoms with Gasteiger partial charge in [0.1, 0.15) is 5.75 Å². The Morgan fingerprint density at radius 3 is 2.40 bits per heavy atom. The van der Waals surface area contributed by atoms with E-state index in [-0.39, 0.29) is 0 Å². The summed E-state index contributed by atoms with van der Waals surface area (Å²) in [5, 5.41) is 0. The van der Waals surface area contributed by atoms with E-state index in [1.165, 1.54) is 19.4 Å². The first-order chi connectivity index (χ1) is 7.15. The summed E-state index contributed by atoms with van der Waals surface area (Å²) in [5.41, 5.74) is 2.06. The highest BCUT2D eigenvalue weighted by molar-refractivity contribution is 5.81. The van der Waals surface area contributed by atoms with E-state index in [0.29, 0.717) is 0 Å². The van der Waals surface area contributed by atoms with Crippen molar-refractivity contribution in [3.05, 3.63) is 41.7 Å². The monoisotopic (exact) mass is 206 g/mol. The molecule has 0 spiro atoms. The van der Waals surface area contributed by atoms with E-state index in [9.17, 15) is 4.79 Å². The lowest BCUT2D eigenvalue weighted by molar-refractivity contribution is -0.134. The third kappa shape index (κ3) is 3.13. The minimum atomic E-state index is -0.429. The van der Waals surface area contributed by atoms with Crippen molar-refractivity contribution in [1.82, 2.24) is 0 Å². The SMILES string of the molecule is COC(=O)C=COc1c(C)cccc1C. The highest BCUT2D eigenvalue weighted by Gasteiger charge is 2.01. The van der Waals surface area contributed by atoms with Crippen LogP contribution in [0.4, 0.5) is 0 Å². The van der Waals surface area contributed by atoms with Gasteiger partial charge in [-0.15, -0.1) is 0 Å². The number of benzene rings is 1. The summed E-state index contributed by atoms with van der Waals surface area (Å²) in [6.07, 6.45) is 2.58. The molecule has 0 N–H and O–H groups in total. The number of hydrogen-bond donors (Lipinski definition) is 0. The number of rotatable bonds is 3. The van der Waals surface area contributed by atoms with Gasteiger partial charge in [0.15, 0.2) is 0 Å². The predicted molar refractivity (Wildman–Crippen MR) is 57.7 cm³/mol. The Hall–Kier alpha value is -1.77. The zero-order valence-electron chi connectivity index (χ0n) is 9.11. The van der Waals surface area contributed by atoms with E-state index in [2.05, 4.69) is 4.74 Å². The fourth-order valence-corrected chi connectivity index (χ4v) is 1.21. The normalized spacial score (nSPS) is 10.3. The molecule has 0 saturated heterocycles. The fourth-order valence-electron chi connectivity index (χ4n) is 1.21. The Morgan fingerprint density at radius 1 is 1.27 bits per heavy atom. The zero-order valence-corrected chi connectivity index (χ0v) is 9.11. The van der Waals surface area contributed by atoms with E-state index < -0.39 is 5.97 Å². The Morgan fingerprint density at radius 2 is 1.87 bits per heavy atom. The molecule has 1 aromatic carbocycles. The van der Waals surface area contributed by atoms with E-state index in [4.69, 9.17) is 4.74 Å². The first kappa shape index (κ1) is 11.3. The smallest absolute Gasteiger partial charge is 0.333 e. The second-order valence-electron chi connectivity index (χ2n) is 3.16. The molecular formula is C12H14O3. The van der Waals surface area contributed by atoms with Crippen molar-refractivity contribution in [2.75, 3.05) is 7.11 Å². The van der Waals surface area contributed by atoms with Gasteiger partial charge in [0.2, 0.25) is 0 Å². The second-order valence-corrected chi connectivity index (χ2v) is 3.16. The summed E-state index contributed by atoms with van der Waals surface area (Å²) in [6, 6.07) is 5.87. The Balaban J connectivity index is 2.73. The molecule has 3 nitrogen and oxygen atoms in total. The maximum Gasteiger partial charge on any atom is 0.333 e. The molecule has 1 aromatic rings. The number of aryl methyl sites for hydroxylation is 2. The number of hydrogen-bond acceptors (Lipinski definition) is 3. The average molecular weight is 206 g/mol. The molecular weight excluding hydrogens is 192 g/mol. The zero-order chi connectivity index (χ0) is 11.3.